The molecule has 1 aromatic rings. The molecular weight excluding hydrogens is 170 g/mol. The Labute approximate surface area is 73.8 Å². The van der Waals surface area contributed by atoms with Crippen LogP contribution in [0.25, 0.3) is 0 Å². The van der Waals surface area contributed by atoms with E-state index in [1.165, 1.54) is 6.20 Å². The van der Waals surface area contributed by atoms with Crippen LogP contribution in [0.15, 0.2) is 29.4 Å². The van der Waals surface area contributed by atoms with Crippen molar-refractivity contribution in [1.82, 2.24) is 0 Å². The van der Waals surface area contributed by atoms with Gasteiger partial charge in [-0.2, -0.15) is 4.73 Å². The molecular formula is C5H5NOSTi. The quantitative estimate of drug-likeness (QED) is 0.266. The Hall–Kier alpha value is 0.0143. The van der Waals surface area contributed by atoms with Gasteiger partial charge in [0.1, 0.15) is 0 Å². The third kappa shape index (κ3) is 2.39. The van der Waals surface area contributed by atoms with Crippen LogP contribution in [0.4, 0.5) is 0 Å². The van der Waals surface area contributed by atoms with Gasteiger partial charge in [-0.1, -0.05) is 12.6 Å². The number of hydrogen-bond donors (Lipinski definition) is 1. The zero-order valence-corrected chi connectivity index (χ0v) is 7.07. The van der Waals surface area contributed by atoms with E-state index in [-0.39, 0.29) is 21.7 Å². The molecule has 0 amide bonds. The van der Waals surface area contributed by atoms with Gasteiger partial charge in [0.2, 0.25) is 5.03 Å². The summed E-state index contributed by atoms with van der Waals surface area (Å²) in [6, 6.07) is 5.06. The van der Waals surface area contributed by atoms with Crippen LogP contribution in [0.2, 0.25) is 0 Å². The molecule has 0 unspecified atom stereocenters. The maximum absolute atomic E-state index is 10.5. The Balaban J connectivity index is 0.000000640. The predicted octanol–water partition coefficient (Wildman–Crippen LogP) is 0.606. The SMILES string of the molecule is [O-][n+]1ccccc1S.[Ti]. The van der Waals surface area contributed by atoms with Gasteiger partial charge >= 0.3 is 0 Å². The van der Waals surface area contributed by atoms with Gasteiger partial charge in [-0.25, -0.2) is 0 Å². The van der Waals surface area contributed by atoms with Gasteiger partial charge in [-0.05, 0) is 6.07 Å². The molecule has 0 radical (unpaired) electrons. The van der Waals surface area contributed by atoms with Crippen LogP contribution >= 0.6 is 12.6 Å². The first-order chi connectivity index (χ1) is 3.80. The van der Waals surface area contributed by atoms with Gasteiger partial charge in [0.25, 0.3) is 0 Å². The molecule has 9 heavy (non-hydrogen) atoms. The second-order valence-electron chi connectivity index (χ2n) is 1.38. The van der Waals surface area contributed by atoms with E-state index in [9.17, 15) is 5.21 Å². The molecule has 0 N–H and O–H groups in total. The fourth-order valence-corrected chi connectivity index (χ4v) is 0.572. The summed E-state index contributed by atoms with van der Waals surface area (Å²) in [4.78, 5) is 0. The third-order valence-electron chi connectivity index (χ3n) is 0.804. The zero-order chi connectivity index (χ0) is 5.98. The molecule has 0 aromatic carbocycles. The first-order valence-electron chi connectivity index (χ1n) is 2.18. The first-order valence-corrected chi connectivity index (χ1v) is 2.62. The van der Waals surface area contributed by atoms with Crippen LogP contribution in [0.3, 0.4) is 0 Å². The van der Waals surface area contributed by atoms with Gasteiger partial charge in [-0.15, -0.1) is 0 Å². The number of rotatable bonds is 0. The second kappa shape index (κ2) is 3.93. The molecule has 0 fully saturated rings. The van der Waals surface area contributed by atoms with Crippen LogP contribution in [-0.4, -0.2) is 0 Å². The van der Waals surface area contributed by atoms with Gasteiger partial charge in [-0.3, -0.25) is 0 Å². The van der Waals surface area contributed by atoms with E-state index in [1.807, 2.05) is 0 Å². The Morgan fingerprint density at radius 1 is 1.44 bits per heavy atom. The molecule has 0 bridgehead atoms. The molecule has 0 saturated heterocycles. The normalized spacial score (nSPS) is 8.11. The summed E-state index contributed by atoms with van der Waals surface area (Å²) in [5, 5.41) is 10.9. The summed E-state index contributed by atoms with van der Waals surface area (Å²) in [7, 11) is 0. The fraction of sp³-hybridized carbons (Fsp3) is 0. The Morgan fingerprint density at radius 2 is 2.11 bits per heavy atom. The molecule has 2 nitrogen and oxygen atoms in total. The molecule has 4 heteroatoms. The second-order valence-corrected chi connectivity index (χ2v) is 1.84. The smallest absolute Gasteiger partial charge is 0.248 e. The van der Waals surface area contributed by atoms with Crippen molar-refractivity contribution in [3.63, 3.8) is 0 Å². The molecule has 0 spiro atoms. The van der Waals surface area contributed by atoms with Gasteiger partial charge in [0.05, 0.1) is 0 Å². The molecule has 0 aliphatic carbocycles. The van der Waals surface area contributed by atoms with Gasteiger partial charge < -0.3 is 5.21 Å². The van der Waals surface area contributed by atoms with Crippen LogP contribution in [0, 0.1) is 5.21 Å². The summed E-state index contributed by atoms with van der Waals surface area (Å²) >= 11 is 3.85. The summed E-state index contributed by atoms with van der Waals surface area (Å²) in [6.45, 7) is 0. The van der Waals surface area contributed by atoms with E-state index in [2.05, 4.69) is 12.6 Å². The molecule has 1 heterocycles. The Bertz CT molecular complexity index is 173. The minimum atomic E-state index is 0. The van der Waals surface area contributed by atoms with Crippen molar-refractivity contribution < 1.29 is 26.4 Å². The van der Waals surface area contributed by atoms with Crippen molar-refractivity contribution in [3.8, 4) is 0 Å². The topological polar surface area (TPSA) is 26.9 Å². The van der Waals surface area contributed by atoms with Crippen molar-refractivity contribution in [2.24, 2.45) is 0 Å². The minimum absolute atomic E-state index is 0. The maximum Gasteiger partial charge on any atom is 0.248 e. The van der Waals surface area contributed by atoms with E-state index in [0.717, 1.165) is 0 Å². The van der Waals surface area contributed by atoms with Crippen LogP contribution in [0.5, 0.6) is 0 Å². The third-order valence-corrected chi connectivity index (χ3v) is 1.15. The number of thiol groups is 1. The molecule has 0 aliphatic rings. The molecule has 46 valence electrons. The van der Waals surface area contributed by atoms with Crippen molar-refractivity contribution >= 4 is 12.6 Å². The monoisotopic (exact) mass is 175 g/mol. The fourth-order valence-electron chi connectivity index (χ4n) is 0.419. The maximum atomic E-state index is 10.5. The van der Waals surface area contributed by atoms with Crippen molar-refractivity contribution in [3.05, 3.63) is 29.6 Å². The van der Waals surface area contributed by atoms with Crippen molar-refractivity contribution in [2.45, 2.75) is 5.03 Å². The van der Waals surface area contributed by atoms with Crippen LogP contribution < -0.4 is 4.73 Å². The number of nitrogens with zero attached hydrogens (tertiary/aromatic N) is 1. The standard InChI is InChI=1S/C5H5NOS.Ti/c7-6-4-2-1-3-5(6)8;/h1-4,8H;. The molecule has 1 aromatic heterocycles. The first kappa shape index (κ1) is 9.01. The van der Waals surface area contributed by atoms with Crippen molar-refractivity contribution in [1.29, 1.82) is 0 Å². The largest absolute Gasteiger partial charge is 0.618 e. The van der Waals surface area contributed by atoms with E-state index < -0.39 is 0 Å². The van der Waals surface area contributed by atoms with Crippen LogP contribution in [0.1, 0.15) is 0 Å². The average Bonchev–Trinajstić information content (AvgIpc) is 1.77. The minimum Gasteiger partial charge on any atom is -0.618 e. The van der Waals surface area contributed by atoms with E-state index in [1.54, 1.807) is 18.2 Å². The molecule has 0 aliphatic heterocycles. The molecule has 0 atom stereocenters. The average molecular weight is 175 g/mol. The molecule has 1 rings (SSSR count). The van der Waals surface area contributed by atoms with E-state index in [0.29, 0.717) is 9.76 Å². The predicted molar refractivity (Wildman–Crippen MR) is 32.7 cm³/mol. The van der Waals surface area contributed by atoms with E-state index in [4.69, 9.17) is 0 Å². The zero-order valence-electron chi connectivity index (χ0n) is 4.61. The van der Waals surface area contributed by atoms with Crippen LogP contribution in [-0.2, 0) is 21.7 Å². The Kier molecular flexibility index (Phi) is 3.94. The summed E-state index contributed by atoms with van der Waals surface area (Å²) in [5.74, 6) is 0. The summed E-state index contributed by atoms with van der Waals surface area (Å²) in [6.07, 6.45) is 1.41. The summed E-state index contributed by atoms with van der Waals surface area (Å²) in [5.41, 5.74) is 0. The number of pyridine rings is 1. The van der Waals surface area contributed by atoms with Gasteiger partial charge in [0, 0.05) is 33.9 Å². The Morgan fingerprint density at radius 3 is 2.44 bits per heavy atom. The molecule has 0 saturated carbocycles. The van der Waals surface area contributed by atoms with Gasteiger partial charge in [0.15, 0.2) is 6.20 Å². The van der Waals surface area contributed by atoms with E-state index >= 15 is 0 Å². The van der Waals surface area contributed by atoms with Crippen molar-refractivity contribution in [2.75, 3.05) is 0 Å². The summed E-state index contributed by atoms with van der Waals surface area (Å²) < 4.78 is 0.698. The number of hydrogen-bond acceptors (Lipinski definition) is 2. The number of aromatic nitrogens is 1.